The summed E-state index contributed by atoms with van der Waals surface area (Å²) in [6.45, 7) is 11.5. The number of carbonyl (C=O) groups excluding carboxylic acids is 1. The fourth-order valence-corrected chi connectivity index (χ4v) is 5.32. The molecule has 0 saturated heterocycles. The van der Waals surface area contributed by atoms with Crippen molar-refractivity contribution in [1.82, 2.24) is 0 Å². The zero-order chi connectivity index (χ0) is 16.8. The molecule has 3 nitrogen and oxygen atoms in total. The van der Waals surface area contributed by atoms with Gasteiger partial charge in [-0.2, -0.15) is 0 Å². The summed E-state index contributed by atoms with van der Waals surface area (Å²) in [7, 11) is 0. The minimum atomic E-state index is -1.12. The van der Waals surface area contributed by atoms with Gasteiger partial charge in [-0.3, -0.25) is 0 Å². The summed E-state index contributed by atoms with van der Waals surface area (Å²) in [5, 5.41) is 9.75. The van der Waals surface area contributed by atoms with Gasteiger partial charge in [-0.1, -0.05) is 51.5 Å². The first-order valence-electron chi connectivity index (χ1n) is 8.70. The van der Waals surface area contributed by atoms with Gasteiger partial charge < -0.3 is 9.84 Å². The molecular formula is C20H28O3. The maximum absolute atomic E-state index is 11.2. The maximum atomic E-state index is 11.2. The zero-order valence-electron chi connectivity index (χ0n) is 14.5. The lowest BCUT2D eigenvalue weighted by Gasteiger charge is -2.57. The van der Waals surface area contributed by atoms with E-state index in [1.165, 1.54) is 37.3 Å². The van der Waals surface area contributed by atoms with E-state index >= 15 is 0 Å². The topological polar surface area (TPSA) is 46.5 Å². The van der Waals surface area contributed by atoms with E-state index in [4.69, 9.17) is 4.74 Å². The summed E-state index contributed by atoms with van der Waals surface area (Å²) >= 11 is 0. The van der Waals surface area contributed by atoms with Gasteiger partial charge >= 0.3 is 5.97 Å². The molecule has 2 aliphatic carbocycles. The highest BCUT2D eigenvalue weighted by Crippen LogP contribution is 2.61. The molecule has 0 amide bonds. The molecule has 2 fully saturated rings. The average molecular weight is 316 g/mol. The maximum Gasteiger partial charge on any atom is 0.333 e. The van der Waals surface area contributed by atoms with Crippen molar-refractivity contribution in [3.63, 3.8) is 0 Å². The minimum absolute atomic E-state index is 0.211. The van der Waals surface area contributed by atoms with Crippen molar-refractivity contribution in [2.24, 2.45) is 22.7 Å². The van der Waals surface area contributed by atoms with E-state index in [-0.39, 0.29) is 5.41 Å². The van der Waals surface area contributed by atoms with Crippen LogP contribution in [0.4, 0.5) is 0 Å². The Hall–Kier alpha value is -1.35. The molecule has 1 aliphatic heterocycles. The predicted octanol–water partition coefficient (Wildman–Crippen LogP) is 4.14. The van der Waals surface area contributed by atoms with Crippen LogP contribution in [0.1, 0.15) is 52.9 Å². The Kier molecular flexibility index (Phi) is 4.04. The number of ether oxygens (including phenoxy) is 1. The third kappa shape index (κ3) is 2.80. The van der Waals surface area contributed by atoms with Crippen LogP contribution in [-0.2, 0) is 9.53 Å². The number of hydrogen-bond donors (Lipinski definition) is 1. The Morgan fingerprint density at radius 1 is 1.35 bits per heavy atom. The summed E-state index contributed by atoms with van der Waals surface area (Å²) in [5.41, 5.74) is 2.40. The van der Waals surface area contributed by atoms with Crippen LogP contribution in [0.25, 0.3) is 0 Å². The number of aliphatic hydroxyl groups is 1. The Morgan fingerprint density at radius 3 is 2.74 bits per heavy atom. The Morgan fingerprint density at radius 2 is 2.09 bits per heavy atom. The normalized spacial score (nSPS) is 40.0. The Labute approximate surface area is 139 Å². The summed E-state index contributed by atoms with van der Waals surface area (Å²) < 4.78 is 4.76. The van der Waals surface area contributed by atoms with E-state index in [9.17, 15) is 9.90 Å². The Balaban J connectivity index is 1.89. The van der Waals surface area contributed by atoms with Gasteiger partial charge in [0.1, 0.15) is 0 Å². The van der Waals surface area contributed by atoms with Crippen molar-refractivity contribution < 1.29 is 14.6 Å². The first-order chi connectivity index (χ1) is 10.7. The van der Waals surface area contributed by atoms with Crippen LogP contribution in [0.3, 0.4) is 0 Å². The van der Waals surface area contributed by atoms with Crippen LogP contribution in [0.5, 0.6) is 0 Å². The Bertz CT molecular complexity index is 584. The highest BCUT2D eigenvalue weighted by Gasteiger charge is 2.52. The van der Waals surface area contributed by atoms with Gasteiger partial charge in [0.2, 0.25) is 6.29 Å². The second-order valence-electron chi connectivity index (χ2n) is 8.37. The molecule has 3 rings (SSSR count). The quantitative estimate of drug-likeness (QED) is 0.615. The molecule has 126 valence electrons. The van der Waals surface area contributed by atoms with E-state index in [0.29, 0.717) is 22.8 Å². The first kappa shape index (κ1) is 16.5. The monoisotopic (exact) mass is 316 g/mol. The second-order valence-corrected chi connectivity index (χ2v) is 8.37. The molecule has 0 aromatic carbocycles. The van der Waals surface area contributed by atoms with Crippen LogP contribution in [0, 0.1) is 22.7 Å². The zero-order valence-corrected chi connectivity index (χ0v) is 14.5. The van der Waals surface area contributed by atoms with E-state index in [0.717, 1.165) is 6.42 Å². The van der Waals surface area contributed by atoms with Gasteiger partial charge in [-0.05, 0) is 42.4 Å². The molecule has 23 heavy (non-hydrogen) atoms. The van der Waals surface area contributed by atoms with Gasteiger partial charge in [0, 0.05) is 17.6 Å². The lowest BCUT2D eigenvalue weighted by molar-refractivity contribution is -0.150. The fraction of sp³-hybridized carbons (Fsp3) is 0.650. The molecule has 1 unspecified atom stereocenters. The number of allylic oxidation sites excluding steroid dienone is 2. The van der Waals surface area contributed by atoms with Crippen LogP contribution in [0.15, 0.2) is 36.0 Å². The van der Waals surface area contributed by atoms with Crippen LogP contribution >= 0.6 is 0 Å². The summed E-state index contributed by atoms with van der Waals surface area (Å²) in [5.74, 6) is 0.511. The smallest absolute Gasteiger partial charge is 0.333 e. The number of aliphatic hydroxyl groups excluding tert-OH is 1. The first-order valence-corrected chi connectivity index (χ1v) is 8.70. The van der Waals surface area contributed by atoms with Crippen LogP contribution in [0.2, 0.25) is 0 Å². The van der Waals surface area contributed by atoms with Crippen molar-refractivity contribution in [2.45, 2.75) is 59.2 Å². The molecular weight excluding hydrogens is 288 g/mol. The third-order valence-electron chi connectivity index (χ3n) is 6.46. The van der Waals surface area contributed by atoms with Gasteiger partial charge in [-0.15, -0.1) is 0 Å². The van der Waals surface area contributed by atoms with Gasteiger partial charge in [-0.25, -0.2) is 4.79 Å². The fourth-order valence-electron chi connectivity index (χ4n) is 5.32. The molecule has 0 bridgehead atoms. The minimum Gasteiger partial charge on any atom is -0.428 e. The van der Waals surface area contributed by atoms with Crippen LogP contribution in [-0.4, -0.2) is 17.4 Å². The summed E-state index contributed by atoms with van der Waals surface area (Å²) in [6.07, 6.45) is 10.3. The van der Waals surface area contributed by atoms with E-state index < -0.39 is 12.3 Å². The number of rotatable bonds is 2. The van der Waals surface area contributed by atoms with Crippen molar-refractivity contribution in [2.75, 3.05) is 0 Å². The van der Waals surface area contributed by atoms with E-state index in [1.54, 1.807) is 0 Å². The molecule has 0 radical (unpaired) electrons. The molecule has 1 N–H and O–H groups in total. The lowest BCUT2D eigenvalue weighted by atomic mass is 9.47. The molecule has 1 heterocycles. The summed E-state index contributed by atoms with van der Waals surface area (Å²) in [4.78, 5) is 11.2. The SMILES string of the molecule is C=C1CC[C@H]2C(C)(C)CCC[C@]2(C)[C@H]1/C=C/C1=CC(=O)OC1O. The molecule has 0 aromatic heterocycles. The standard InChI is InChI=1S/C20H28O3/c1-13-6-9-16-19(2,3)10-5-11-20(16,4)15(13)8-7-14-12-17(21)23-18(14)22/h7-8,12,15-16,18,22H,1,5-6,9-11H2,2-4H3/b8-7+/t15-,16-,18?,20+/m0/s1. The highest BCUT2D eigenvalue weighted by atomic mass is 16.6. The molecule has 2 saturated carbocycles. The molecule has 0 aromatic rings. The third-order valence-corrected chi connectivity index (χ3v) is 6.46. The summed E-state index contributed by atoms with van der Waals surface area (Å²) in [6, 6.07) is 0. The molecule has 0 spiro atoms. The second kappa shape index (κ2) is 5.62. The predicted molar refractivity (Wildman–Crippen MR) is 90.4 cm³/mol. The van der Waals surface area contributed by atoms with Gasteiger partial charge in [0.15, 0.2) is 0 Å². The molecule has 3 heteroatoms. The van der Waals surface area contributed by atoms with Crippen molar-refractivity contribution >= 4 is 5.97 Å². The van der Waals surface area contributed by atoms with Gasteiger partial charge in [0.05, 0.1) is 0 Å². The van der Waals surface area contributed by atoms with E-state index in [2.05, 4.69) is 33.4 Å². The number of carbonyl (C=O) groups is 1. The van der Waals surface area contributed by atoms with Crippen LogP contribution < -0.4 is 0 Å². The van der Waals surface area contributed by atoms with Crippen molar-refractivity contribution in [3.05, 3.63) is 36.0 Å². The highest BCUT2D eigenvalue weighted by molar-refractivity contribution is 5.86. The van der Waals surface area contributed by atoms with Crippen molar-refractivity contribution in [1.29, 1.82) is 0 Å². The number of esters is 1. The lowest BCUT2D eigenvalue weighted by Crippen LogP contribution is -2.48. The van der Waals surface area contributed by atoms with E-state index in [1.807, 2.05) is 6.08 Å². The number of hydrogen-bond acceptors (Lipinski definition) is 3. The largest absolute Gasteiger partial charge is 0.428 e. The number of fused-ring (bicyclic) bond motifs is 1. The molecule has 4 atom stereocenters. The molecule has 3 aliphatic rings. The average Bonchev–Trinajstić information content (AvgIpc) is 2.75. The van der Waals surface area contributed by atoms with Gasteiger partial charge in [0.25, 0.3) is 0 Å². The number of cyclic esters (lactones) is 1. The van der Waals surface area contributed by atoms with Crippen molar-refractivity contribution in [3.8, 4) is 0 Å².